The molecule has 6 heteroatoms. The predicted octanol–water partition coefficient (Wildman–Crippen LogP) is 5.90. The van der Waals surface area contributed by atoms with Crippen LogP contribution in [0.5, 0.6) is 0 Å². The number of hydrogen-bond acceptors (Lipinski definition) is 4. The molecule has 0 radical (unpaired) electrons. The van der Waals surface area contributed by atoms with E-state index in [1.54, 1.807) is 17.4 Å². The van der Waals surface area contributed by atoms with Gasteiger partial charge in [-0.2, -0.15) is 0 Å². The van der Waals surface area contributed by atoms with Crippen LogP contribution in [0.25, 0.3) is 20.8 Å². The van der Waals surface area contributed by atoms with E-state index in [4.69, 9.17) is 22.3 Å². The fraction of sp³-hybridized carbons (Fsp3) is 0.286. The molecule has 0 atom stereocenters. The molecule has 140 valence electrons. The van der Waals surface area contributed by atoms with Crippen LogP contribution in [-0.4, -0.2) is 15.4 Å². The highest BCUT2D eigenvalue weighted by molar-refractivity contribution is 7.23. The minimum atomic E-state index is 0.446. The zero-order valence-corrected chi connectivity index (χ0v) is 16.7. The number of hydrogen-bond donors (Lipinski definition) is 2. The van der Waals surface area contributed by atoms with Gasteiger partial charge in [0.25, 0.3) is 0 Å². The van der Waals surface area contributed by atoms with Crippen molar-refractivity contribution in [3.63, 3.8) is 0 Å². The van der Waals surface area contributed by atoms with E-state index in [0.29, 0.717) is 11.1 Å². The SMILES string of the molecule is C=C/C=C(\C(Cl)=C/N)c1nc2sc3ccccc3n2c1NC1CCCCC1. The number of benzene rings is 1. The molecular weight excluding hydrogens is 376 g/mol. The third kappa shape index (κ3) is 3.37. The smallest absolute Gasteiger partial charge is 0.197 e. The zero-order valence-electron chi connectivity index (χ0n) is 15.1. The first-order valence-electron chi connectivity index (χ1n) is 9.30. The molecule has 1 saturated carbocycles. The van der Waals surface area contributed by atoms with Gasteiger partial charge in [0.15, 0.2) is 4.96 Å². The molecule has 3 N–H and O–H groups in total. The van der Waals surface area contributed by atoms with E-state index in [-0.39, 0.29) is 0 Å². The average molecular weight is 399 g/mol. The molecule has 0 aliphatic heterocycles. The zero-order chi connectivity index (χ0) is 18.8. The highest BCUT2D eigenvalue weighted by Gasteiger charge is 2.23. The quantitative estimate of drug-likeness (QED) is 0.526. The Morgan fingerprint density at radius 2 is 2.07 bits per heavy atom. The Hall–Kier alpha value is -2.24. The van der Waals surface area contributed by atoms with Crippen LogP contribution in [-0.2, 0) is 0 Å². The van der Waals surface area contributed by atoms with Crippen molar-refractivity contribution in [2.75, 3.05) is 5.32 Å². The minimum absolute atomic E-state index is 0.446. The maximum absolute atomic E-state index is 6.42. The van der Waals surface area contributed by atoms with Gasteiger partial charge < -0.3 is 11.1 Å². The van der Waals surface area contributed by atoms with Crippen LogP contribution in [0.1, 0.15) is 37.8 Å². The second kappa shape index (κ2) is 7.79. The lowest BCUT2D eigenvalue weighted by atomic mass is 9.95. The molecule has 1 aliphatic carbocycles. The van der Waals surface area contributed by atoms with Crippen molar-refractivity contribution in [2.45, 2.75) is 38.1 Å². The van der Waals surface area contributed by atoms with Gasteiger partial charge in [-0.05, 0) is 25.0 Å². The Morgan fingerprint density at radius 3 is 2.81 bits per heavy atom. The number of halogens is 1. The summed E-state index contributed by atoms with van der Waals surface area (Å²) in [5.41, 5.74) is 8.47. The largest absolute Gasteiger partial charge is 0.403 e. The molecule has 1 aliphatic rings. The minimum Gasteiger partial charge on any atom is -0.403 e. The summed E-state index contributed by atoms with van der Waals surface area (Å²) in [7, 11) is 0. The summed E-state index contributed by atoms with van der Waals surface area (Å²) < 4.78 is 3.43. The maximum atomic E-state index is 6.42. The van der Waals surface area contributed by atoms with E-state index in [2.05, 4.69) is 40.6 Å². The average Bonchev–Trinajstić information content (AvgIpc) is 3.23. The summed E-state index contributed by atoms with van der Waals surface area (Å²) in [6.45, 7) is 3.82. The van der Waals surface area contributed by atoms with Gasteiger partial charge >= 0.3 is 0 Å². The fourth-order valence-corrected chi connectivity index (χ4v) is 4.94. The number of nitrogens with two attached hydrogens (primary N) is 1. The number of nitrogens with one attached hydrogen (secondary N) is 1. The standard InChI is InChI=1S/C21H23ClN4S/c1-2-8-15(16(22)13-23)19-20(24-14-9-4-3-5-10-14)26-17-11-6-7-12-18(17)27-21(26)25-19/h2,6-8,11-14,24H,1,3-5,9-10,23H2/b15-8+,16-13+. The number of anilines is 1. The monoisotopic (exact) mass is 398 g/mol. The van der Waals surface area contributed by atoms with E-state index >= 15 is 0 Å². The highest BCUT2D eigenvalue weighted by Crippen LogP contribution is 2.38. The Morgan fingerprint density at radius 1 is 1.30 bits per heavy atom. The van der Waals surface area contributed by atoms with Crippen LogP contribution >= 0.6 is 22.9 Å². The van der Waals surface area contributed by atoms with Crippen molar-refractivity contribution in [2.24, 2.45) is 5.73 Å². The number of nitrogens with zero attached hydrogens (tertiary/aromatic N) is 2. The predicted molar refractivity (Wildman–Crippen MR) is 117 cm³/mol. The second-order valence-corrected chi connectivity index (χ2v) is 8.22. The lowest BCUT2D eigenvalue weighted by Crippen LogP contribution is -2.23. The number of imidazole rings is 1. The summed E-state index contributed by atoms with van der Waals surface area (Å²) in [4.78, 5) is 5.87. The van der Waals surface area contributed by atoms with E-state index < -0.39 is 0 Å². The van der Waals surface area contributed by atoms with Gasteiger partial charge in [-0.3, -0.25) is 4.40 Å². The molecule has 4 nitrogen and oxygen atoms in total. The Labute approximate surface area is 168 Å². The molecule has 1 fully saturated rings. The van der Waals surface area contributed by atoms with Gasteiger partial charge in [0.2, 0.25) is 0 Å². The summed E-state index contributed by atoms with van der Waals surface area (Å²) in [5, 5.41) is 4.24. The molecule has 0 saturated heterocycles. The normalized spacial score (nSPS) is 16.9. The second-order valence-electron chi connectivity index (χ2n) is 6.81. The maximum Gasteiger partial charge on any atom is 0.197 e. The van der Waals surface area contributed by atoms with Crippen LogP contribution in [0.15, 0.2) is 54.2 Å². The van der Waals surface area contributed by atoms with Gasteiger partial charge in [-0.25, -0.2) is 4.98 Å². The molecule has 0 spiro atoms. The van der Waals surface area contributed by atoms with E-state index in [1.807, 2.05) is 6.08 Å². The summed E-state index contributed by atoms with van der Waals surface area (Å²) >= 11 is 8.10. The lowest BCUT2D eigenvalue weighted by molar-refractivity contribution is 0.461. The van der Waals surface area contributed by atoms with Crippen molar-refractivity contribution >= 4 is 49.5 Å². The van der Waals surface area contributed by atoms with Crippen molar-refractivity contribution in [3.8, 4) is 0 Å². The van der Waals surface area contributed by atoms with Crippen LogP contribution in [0, 0.1) is 0 Å². The molecule has 3 aromatic rings. The van der Waals surface area contributed by atoms with Crippen molar-refractivity contribution < 1.29 is 0 Å². The molecule has 2 aromatic heterocycles. The van der Waals surface area contributed by atoms with Gasteiger partial charge in [0.05, 0.1) is 15.2 Å². The molecule has 0 unspecified atom stereocenters. The number of fused-ring (bicyclic) bond motifs is 3. The van der Waals surface area contributed by atoms with Gasteiger partial charge in [-0.1, -0.05) is 73.1 Å². The highest BCUT2D eigenvalue weighted by atomic mass is 35.5. The van der Waals surface area contributed by atoms with E-state index in [9.17, 15) is 0 Å². The number of rotatable bonds is 5. The molecular formula is C21H23ClN4S. The van der Waals surface area contributed by atoms with Crippen LogP contribution in [0.4, 0.5) is 5.82 Å². The molecule has 1 aromatic carbocycles. The Bertz CT molecular complexity index is 1040. The van der Waals surface area contributed by atoms with Gasteiger partial charge in [0.1, 0.15) is 11.5 Å². The summed E-state index contributed by atoms with van der Waals surface area (Å²) in [6.07, 6.45) is 11.2. The molecule has 0 bridgehead atoms. The number of thiazole rings is 1. The van der Waals surface area contributed by atoms with Crippen molar-refractivity contribution in [3.05, 3.63) is 59.9 Å². The van der Waals surface area contributed by atoms with Crippen molar-refractivity contribution in [1.82, 2.24) is 9.38 Å². The first-order chi connectivity index (χ1) is 13.2. The summed E-state index contributed by atoms with van der Waals surface area (Å²) in [5.74, 6) is 0.988. The first kappa shape index (κ1) is 18.1. The van der Waals surface area contributed by atoms with Crippen molar-refractivity contribution in [1.29, 1.82) is 0 Å². The third-order valence-electron chi connectivity index (χ3n) is 5.04. The van der Waals surface area contributed by atoms with E-state index in [0.717, 1.165) is 27.6 Å². The van der Waals surface area contributed by atoms with E-state index in [1.165, 1.54) is 43.0 Å². The number of para-hydroxylation sites is 1. The van der Waals surface area contributed by atoms with Crippen LogP contribution in [0.2, 0.25) is 0 Å². The number of aromatic nitrogens is 2. The fourth-order valence-electron chi connectivity index (χ4n) is 3.76. The van der Waals surface area contributed by atoms with Crippen LogP contribution in [0.3, 0.4) is 0 Å². The van der Waals surface area contributed by atoms with Gasteiger partial charge in [-0.15, -0.1) is 0 Å². The third-order valence-corrected chi connectivity index (χ3v) is 6.39. The molecule has 27 heavy (non-hydrogen) atoms. The Kier molecular flexibility index (Phi) is 5.23. The molecule has 4 rings (SSSR count). The summed E-state index contributed by atoms with van der Waals surface area (Å²) in [6, 6.07) is 8.83. The topological polar surface area (TPSA) is 55.3 Å². The number of allylic oxidation sites excluding steroid dienone is 4. The Balaban J connectivity index is 1.93. The lowest BCUT2D eigenvalue weighted by Gasteiger charge is -2.24. The van der Waals surface area contributed by atoms with Gasteiger partial charge in [0, 0.05) is 17.8 Å². The van der Waals surface area contributed by atoms with Crippen LogP contribution < -0.4 is 11.1 Å². The first-order valence-corrected chi connectivity index (χ1v) is 10.5. The molecule has 0 amide bonds. The molecule has 2 heterocycles.